The number of rotatable bonds is 10. The number of nitro benzene ring substituents is 1. The number of aliphatic hydroxyl groups excluding tert-OH is 1. The summed E-state index contributed by atoms with van der Waals surface area (Å²) in [6, 6.07) is 12.0. The molecule has 3 aliphatic heterocycles. The molecule has 0 aliphatic carbocycles. The van der Waals surface area contributed by atoms with Gasteiger partial charge in [0.1, 0.15) is 0 Å². The van der Waals surface area contributed by atoms with E-state index in [4.69, 9.17) is 4.74 Å². The normalized spacial score (nSPS) is 24.7. The number of non-ortho nitro benzene ring substituents is 1. The van der Waals surface area contributed by atoms with Crippen molar-refractivity contribution in [1.29, 1.82) is 0 Å². The lowest BCUT2D eigenvalue weighted by Gasteiger charge is -2.32. The Morgan fingerprint density at radius 1 is 1.18 bits per heavy atom. The van der Waals surface area contributed by atoms with Crippen molar-refractivity contribution in [3.8, 4) is 0 Å². The van der Waals surface area contributed by atoms with Gasteiger partial charge in [-0.25, -0.2) is 0 Å². The predicted molar refractivity (Wildman–Crippen MR) is 167 cm³/mol. The summed E-state index contributed by atoms with van der Waals surface area (Å²) in [7, 11) is -2.94. The first-order chi connectivity index (χ1) is 21.4. The van der Waals surface area contributed by atoms with Crippen LogP contribution in [0.15, 0.2) is 48.7 Å². The summed E-state index contributed by atoms with van der Waals surface area (Å²) >= 11 is 0. The maximum atomic E-state index is 14.6. The molecule has 0 saturated carbocycles. The van der Waals surface area contributed by atoms with Gasteiger partial charge in [-0.2, -0.15) is 0 Å². The molecule has 6 rings (SSSR count). The minimum Gasteiger partial charge on any atom is -0.432 e. The summed E-state index contributed by atoms with van der Waals surface area (Å²) in [4.78, 5) is 53.2. The molecular formula is C31H38N6O7Si. The molecule has 2 fully saturated rings. The second kappa shape index (κ2) is 11.7. The first kappa shape index (κ1) is 31.0. The van der Waals surface area contributed by atoms with Gasteiger partial charge in [0, 0.05) is 73.6 Å². The number of nitro groups is 1. The zero-order valence-electron chi connectivity index (χ0n) is 25.6. The summed E-state index contributed by atoms with van der Waals surface area (Å²) in [6.07, 6.45) is 3.41. The van der Waals surface area contributed by atoms with E-state index in [1.807, 2.05) is 44.3 Å². The van der Waals surface area contributed by atoms with Crippen LogP contribution in [0.25, 0.3) is 0 Å². The minimum atomic E-state index is -2.94. The number of aryl methyl sites for hydroxylation is 1. The van der Waals surface area contributed by atoms with Gasteiger partial charge < -0.3 is 24.4 Å². The number of carbonyl (C=O) groups is 2. The van der Waals surface area contributed by atoms with Crippen LogP contribution in [0.2, 0.25) is 18.6 Å². The van der Waals surface area contributed by atoms with Crippen LogP contribution in [0.1, 0.15) is 43.0 Å². The van der Waals surface area contributed by atoms with Gasteiger partial charge in [0.15, 0.2) is 13.9 Å². The molecule has 4 heterocycles. The van der Waals surface area contributed by atoms with Crippen LogP contribution in [0.5, 0.6) is 0 Å². The Morgan fingerprint density at radius 2 is 1.93 bits per heavy atom. The van der Waals surface area contributed by atoms with Crippen LogP contribution in [0, 0.1) is 16.0 Å². The Morgan fingerprint density at radius 3 is 2.58 bits per heavy atom. The molecule has 2 amide bonds. The number of aliphatic hydroxyl groups is 1. The maximum Gasteiger partial charge on any atom is 0.269 e. The SMILES string of the molecule is C[C@H]1[C@H]([Si](C)(C)O)[C@@H](CCn2cc(CCO)nn2)O[C@]12C(=O)N(Cc1ccc(N3CCCC3=O)cc1)c1ccc([N+](=O)[O-])cc12. The van der Waals surface area contributed by atoms with Crippen molar-refractivity contribution in [2.24, 2.45) is 5.92 Å². The third-order valence-corrected chi connectivity index (χ3v) is 11.9. The number of ether oxygens (including phenoxy) is 1. The number of benzene rings is 2. The van der Waals surface area contributed by atoms with Crippen molar-refractivity contribution in [1.82, 2.24) is 15.0 Å². The molecule has 13 nitrogen and oxygen atoms in total. The van der Waals surface area contributed by atoms with E-state index in [-0.39, 0.29) is 36.2 Å². The van der Waals surface area contributed by atoms with E-state index in [0.717, 1.165) is 17.7 Å². The Balaban J connectivity index is 1.34. The average Bonchev–Trinajstić information content (AvgIpc) is 3.75. The zero-order chi connectivity index (χ0) is 32.1. The second-order valence-corrected chi connectivity index (χ2v) is 16.7. The van der Waals surface area contributed by atoms with Gasteiger partial charge in [0.2, 0.25) is 5.91 Å². The third-order valence-electron chi connectivity index (χ3n) is 9.44. The summed E-state index contributed by atoms with van der Waals surface area (Å²) < 4.78 is 8.45. The van der Waals surface area contributed by atoms with E-state index in [1.165, 1.54) is 12.1 Å². The molecule has 0 unspecified atom stereocenters. The van der Waals surface area contributed by atoms with Crippen molar-refractivity contribution >= 4 is 37.2 Å². The fourth-order valence-electron chi connectivity index (χ4n) is 7.43. The standard InChI is InChI=1S/C31H38N6O7Si/c1-20-29(45(2,3)43)27(12-15-34-19-22(13-16-38)32-33-34)44-31(20)25-17-24(37(41)42)10-11-26(25)36(30(31)40)18-21-6-8-23(9-7-21)35-14-4-5-28(35)39/h6-11,17,19-20,27,29,38,43H,4-5,12-16,18H2,1-3H3/t20-,27+,29-,31+/m0/s1. The maximum absolute atomic E-state index is 14.6. The minimum absolute atomic E-state index is 0.0384. The largest absolute Gasteiger partial charge is 0.432 e. The van der Waals surface area contributed by atoms with Crippen molar-refractivity contribution in [2.75, 3.05) is 23.0 Å². The molecule has 3 aliphatic rings. The summed E-state index contributed by atoms with van der Waals surface area (Å²) in [6.45, 7) is 6.82. The Bertz CT molecular complexity index is 1620. The molecule has 45 heavy (non-hydrogen) atoms. The van der Waals surface area contributed by atoms with E-state index in [1.54, 1.807) is 26.7 Å². The summed E-state index contributed by atoms with van der Waals surface area (Å²) in [5.74, 6) is -0.700. The second-order valence-electron chi connectivity index (χ2n) is 12.8. The molecule has 1 aromatic heterocycles. The first-order valence-electron chi connectivity index (χ1n) is 15.3. The molecular weight excluding hydrogens is 596 g/mol. The number of anilines is 2. The average molecular weight is 635 g/mol. The van der Waals surface area contributed by atoms with Crippen LogP contribution in [-0.2, 0) is 39.4 Å². The van der Waals surface area contributed by atoms with E-state index >= 15 is 0 Å². The molecule has 238 valence electrons. The lowest BCUT2D eigenvalue weighted by Crippen LogP contribution is -2.46. The van der Waals surface area contributed by atoms with Crippen LogP contribution in [0.4, 0.5) is 17.1 Å². The Hall–Kier alpha value is -3.98. The Labute approximate surface area is 261 Å². The fraction of sp³-hybridized carbons (Fsp3) is 0.484. The molecule has 14 heteroatoms. The number of carbonyl (C=O) groups excluding carboxylic acids is 2. The van der Waals surface area contributed by atoms with Gasteiger partial charge in [-0.15, -0.1) is 5.10 Å². The van der Waals surface area contributed by atoms with Crippen LogP contribution in [-0.4, -0.2) is 69.2 Å². The Kier molecular flexibility index (Phi) is 8.10. The fourth-order valence-corrected chi connectivity index (χ4v) is 10.0. The number of hydrogen-bond acceptors (Lipinski definition) is 9. The van der Waals surface area contributed by atoms with Gasteiger partial charge >= 0.3 is 0 Å². The molecule has 2 saturated heterocycles. The highest BCUT2D eigenvalue weighted by Crippen LogP contribution is 2.60. The van der Waals surface area contributed by atoms with Gasteiger partial charge in [-0.05, 0) is 49.7 Å². The number of amides is 2. The molecule has 0 radical (unpaired) electrons. The molecule has 2 aromatic carbocycles. The van der Waals surface area contributed by atoms with Crippen LogP contribution >= 0.6 is 0 Å². The number of aromatic nitrogens is 3. The lowest BCUT2D eigenvalue weighted by atomic mass is 9.82. The van der Waals surface area contributed by atoms with Crippen LogP contribution in [0.3, 0.4) is 0 Å². The van der Waals surface area contributed by atoms with Crippen molar-refractivity contribution in [3.05, 3.63) is 75.6 Å². The quantitative estimate of drug-likeness (QED) is 0.193. The molecule has 4 atom stereocenters. The highest BCUT2D eigenvalue weighted by molar-refractivity contribution is 6.71. The first-order valence-corrected chi connectivity index (χ1v) is 18.4. The van der Waals surface area contributed by atoms with Gasteiger partial charge in [-0.3, -0.25) is 24.4 Å². The van der Waals surface area contributed by atoms with E-state index in [2.05, 4.69) is 10.3 Å². The van der Waals surface area contributed by atoms with Crippen LogP contribution < -0.4 is 9.80 Å². The predicted octanol–water partition coefficient (Wildman–Crippen LogP) is 3.28. The van der Waals surface area contributed by atoms with Crippen molar-refractivity contribution in [3.63, 3.8) is 0 Å². The van der Waals surface area contributed by atoms with E-state index in [9.17, 15) is 29.6 Å². The number of nitrogens with zero attached hydrogens (tertiary/aromatic N) is 6. The lowest BCUT2D eigenvalue weighted by molar-refractivity contribution is -0.385. The van der Waals surface area contributed by atoms with Gasteiger partial charge in [0.25, 0.3) is 11.6 Å². The number of fused-ring (bicyclic) bond motifs is 2. The topological polar surface area (TPSA) is 164 Å². The third kappa shape index (κ3) is 5.45. The monoisotopic (exact) mass is 634 g/mol. The molecule has 3 aromatic rings. The van der Waals surface area contributed by atoms with Gasteiger partial charge in [-0.1, -0.05) is 24.3 Å². The van der Waals surface area contributed by atoms with Crippen molar-refractivity contribution in [2.45, 2.75) is 76.0 Å². The summed E-state index contributed by atoms with van der Waals surface area (Å²) in [5, 5.41) is 29.3. The van der Waals surface area contributed by atoms with E-state index in [0.29, 0.717) is 49.3 Å². The zero-order valence-corrected chi connectivity index (χ0v) is 26.6. The van der Waals surface area contributed by atoms with E-state index < -0.39 is 30.9 Å². The van der Waals surface area contributed by atoms with Crippen molar-refractivity contribution < 1.29 is 29.2 Å². The highest BCUT2D eigenvalue weighted by Gasteiger charge is 2.66. The number of hydrogen-bond donors (Lipinski definition) is 2. The highest BCUT2D eigenvalue weighted by atomic mass is 28.4. The molecule has 0 bridgehead atoms. The summed E-state index contributed by atoms with van der Waals surface area (Å²) in [5.41, 5.74) is 1.26. The molecule has 1 spiro atoms. The smallest absolute Gasteiger partial charge is 0.269 e. The molecule has 2 N–H and O–H groups in total. The van der Waals surface area contributed by atoms with Gasteiger partial charge in [0.05, 0.1) is 29.0 Å².